The number of hydrogen-bond donors (Lipinski definition) is 1. The minimum Gasteiger partial charge on any atom is -0.370 e. The molecule has 2 N–H and O–H groups in total. The van der Waals surface area contributed by atoms with Gasteiger partial charge in [0.2, 0.25) is 23.6 Å². The van der Waals surface area contributed by atoms with Crippen molar-refractivity contribution < 1.29 is 19.2 Å². The van der Waals surface area contributed by atoms with Gasteiger partial charge in [-0.25, -0.2) is 0 Å². The lowest BCUT2D eigenvalue weighted by molar-refractivity contribution is -0.143. The number of likely N-dealkylation sites (tertiary alicyclic amines) is 1. The second kappa shape index (κ2) is 10.4. The lowest BCUT2D eigenvalue weighted by atomic mass is 9.74. The van der Waals surface area contributed by atoms with Gasteiger partial charge < -0.3 is 10.6 Å². The van der Waals surface area contributed by atoms with Crippen LogP contribution < -0.4 is 5.73 Å². The van der Waals surface area contributed by atoms with Gasteiger partial charge in [-0.1, -0.05) is 30.3 Å². The molecule has 1 atom stereocenters. The third kappa shape index (κ3) is 5.24. The van der Waals surface area contributed by atoms with E-state index in [1.165, 1.54) is 4.90 Å². The van der Waals surface area contributed by atoms with Gasteiger partial charge in [-0.3, -0.25) is 34.0 Å². The Bertz CT molecular complexity index is 1110. The molecule has 9 heteroatoms. The number of imide groups is 1. The predicted molar refractivity (Wildman–Crippen MR) is 129 cm³/mol. The van der Waals surface area contributed by atoms with Crippen molar-refractivity contribution >= 4 is 23.6 Å². The number of primary amides is 1. The predicted octanol–water partition coefficient (Wildman–Crippen LogP) is 0.997. The first kappa shape index (κ1) is 24.5. The number of pyridine rings is 1. The lowest BCUT2D eigenvalue weighted by Gasteiger charge is -2.37. The molecule has 0 radical (unpaired) electrons. The summed E-state index contributed by atoms with van der Waals surface area (Å²) in [6.45, 7) is 4.88. The van der Waals surface area contributed by atoms with Crippen LogP contribution in [0.1, 0.15) is 36.0 Å². The number of benzene rings is 1. The van der Waals surface area contributed by atoms with E-state index in [0.717, 1.165) is 16.7 Å². The summed E-state index contributed by atoms with van der Waals surface area (Å²) in [5.41, 5.74) is 6.37. The normalized spacial score (nSPS) is 20.9. The number of hydrogen-bond acceptors (Lipinski definition) is 6. The minimum atomic E-state index is -1.23. The Morgan fingerprint density at radius 3 is 2.46 bits per heavy atom. The number of aromatic nitrogens is 1. The molecule has 2 aliphatic rings. The molecule has 1 aromatic heterocycles. The molecule has 2 aromatic rings. The number of rotatable bonds is 8. The first-order valence-corrected chi connectivity index (χ1v) is 11.9. The highest BCUT2D eigenvalue weighted by molar-refractivity contribution is 6.10. The fraction of sp³-hybridized carbons (Fsp3) is 0.423. The van der Waals surface area contributed by atoms with Gasteiger partial charge in [0.1, 0.15) is 0 Å². The monoisotopic (exact) mass is 477 g/mol. The van der Waals surface area contributed by atoms with E-state index in [2.05, 4.69) is 9.88 Å². The molecule has 1 aromatic carbocycles. The van der Waals surface area contributed by atoms with E-state index in [1.54, 1.807) is 23.4 Å². The maximum absolute atomic E-state index is 13.9. The van der Waals surface area contributed by atoms with Gasteiger partial charge in [0.05, 0.1) is 12.0 Å². The Hall–Kier alpha value is -3.59. The van der Waals surface area contributed by atoms with Crippen LogP contribution in [-0.4, -0.2) is 76.0 Å². The molecule has 184 valence electrons. The third-order valence-corrected chi connectivity index (χ3v) is 6.99. The summed E-state index contributed by atoms with van der Waals surface area (Å²) in [6, 6.07) is 11.1. The van der Waals surface area contributed by atoms with Crippen LogP contribution in [0.3, 0.4) is 0 Å². The quantitative estimate of drug-likeness (QED) is 0.567. The van der Waals surface area contributed by atoms with Crippen molar-refractivity contribution in [2.75, 3.05) is 32.7 Å². The number of amides is 4. The zero-order valence-corrected chi connectivity index (χ0v) is 20.0. The molecule has 35 heavy (non-hydrogen) atoms. The zero-order valence-electron chi connectivity index (χ0n) is 20.0. The Morgan fingerprint density at radius 1 is 1.06 bits per heavy atom. The minimum absolute atomic E-state index is 0.0404. The van der Waals surface area contributed by atoms with E-state index in [0.29, 0.717) is 32.7 Å². The zero-order chi connectivity index (χ0) is 25.0. The van der Waals surface area contributed by atoms with Crippen LogP contribution in [0.2, 0.25) is 0 Å². The molecule has 2 aliphatic heterocycles. The smallest absolute Gasteiger partial charge is 0.241 e. The molecule has 0 saturated carbocycles. The number of piperazine rings is 1. The summed E-state index contributed by atoms with van der Waals surface area (Å²) >= 11 is 0. The van der Waals surface area contributed by atoms with Crippen molar-refractivity contribution in [3.8, 4) is 0 Å². The summed E-state index contributed by atoms with van der Waals surface area (Å²) in [5, 5.41) is 0. The van der Waals surface area contributed by atoms with Crippen molar-refractivity contribution in [3.05, 3.63) is 65.5 Å². The van der Waals surface area contributed by atoms with Crippen LogP contribution in [-0.2, 0) is 31.1 Å². The van der Waals surface area contributed by atoms with Gasteiger partial charge >= 0.3 is 0 Å². The molecule has 0 spiro atoms. The number of aryl methyl sites for hydroxylation is 1. The summed E-state index contributed by atoms with van der Waals surface area (Å²) in [7, 11) is 0. The van der Waals surface area contributed by atoms with Crippen molar-refractivity contribution in [1.82, 2.24) is 19.7 Å². The summed E-state index contributed by atoms with van der Waals surface area (Å²) in [4.78, 5) is 60.8. The Labute approximate surface area is 204 Å². The van der Waals surface area contributed by atoms with Crippen LogP contribution in [0.5, 0.6) is 0 Å². The van der Waals surface area contributed by atoms with Crippen molar-refractivity contribution in [2.24, 2.45) is 5.73 Å². The van der Waals surface area contributed by atoms with Gasteiger partial charge in [-0.15, -0.1) is 0 Å². The van der Waals surface area contributed by atoms with Gasteiger partial charge in [-0.2, -0.15) is 0 Å². The van der Waals surface area contributed by atoms with Crippen molar-refractivity contribution in [2.45, 2.75) is 38.1 Å². The molecule has 0 bridgehead atoms. The maximum atomic E-state index is 13.9. The fourth-order valence-electron chi connectivity index (χ4n) is 5.05. The average Bonchev–Trinajstić information content (AvgIpc) is 3.08. The number of carbonyl (C=O) groups is 4. The molecule has 4 amide bonds. The molecule has 2 fully saturated rings. The standard InChI is InChI=1S/C26H31N5O4/c1-19-5-2-3-7-21(19)26(15-23(33)30-13-11-29(12-14-30)10-8-22(27)32)16-24(34)31(25(26)35)18-20-6-4-9-28-17-20/h2-7,9,17H,8,10-16,18H2,1H3,(H2,27,32)/t26-/m0/s1. The molecule has 3 heterocycles. The van der Waals surface area contributed by atoms with Gasteiger partial charge in [0, 0.05) is 64.4 Å². The van der Waals surface area contributed by atoms with E-state index in [4.69, 9.17) is 5.73 Å². The van der Waals surface area contributed by atoms with Gasteiger partial charge in [-0.05, 0) is 29.7 Å². The Kier molecular flexibility index (Phi) is 7.25. The van der Waals surface area contributed by atoms with Gasteiger partial charge in [0.25, 0.3) is 0 Å². The molecule has 4 rings (SSSR count). The molecular formula is C26H31N5O4. The molecule has 0 aliphatic carbocycles. The van der Waals surface area contributed by atoms with Crippen LogP contribution in [0.15, 0.2) is 48.8 Å². The van der Waals surface area contributed by atoms with Crippen LogP contribution in [0.4, 0.5) is 0 Å². The fourth-order valence-corrected chi connectivity index (χ4v) is 5.05. The summed E-state index contributed by atoms with van der Waals surface area (Å²) < 4.78 is 0. The maximum Gasteiger partial charge on any atom is 0.241 e. The highest BCUT2D eigenvalue weighted by Crippen LogP contribution is 2.42. The Balaban J connectivity index is 1.55. The molecule has 2 saturated heterocycles. The molecular weight excluding hydrogens is 446 g/mol. The highest BCUT2D eigenvalue weighted by Gasteiger charge is 2.54. The SMILES string of the molecule is Cc1ccccc1[C@]1(CC(=O)N2CCN(CCC(N)=O)CC2)CC(=O)N(Cc2cccnc2)C1=O. The average molecular weight is 478 g/mol. The van der Waals surface area contributed by atoms with E-state index in [9.17, 15) is 19.2 Å². The number of carbonyl (C=O) groups excluding carboxylic acids is 4. The Morgan fingerprint density at radius 2 is 1.80 bits per heavy atom. The van der Waals surface area contributed by atoms with Crippen LogP contribution >= 0.6 is 0 Å². The lowest BCUT2D eigenvalue weighted by Crippen LogP contribution is -2.51. The van der Waals surface area contributed by atoms with E-state index < -0.39 is 5.41 Å². The second-order valence-corrected chi connectivity index (χ2v) is 9.34. The van der Waals surface area contributed by atoms with E-state index in [-0.39, 0.29) is 49.4 Å². The highest BCUT2D eigenvalue weighted by atomic mass is 16.2. The van der Waals surface area contributed by atoms with E-state index in [1.807, 2.05) is 37.3 Å². The topological polar surface area (TPSA) is 117 Å². The van der Waals surface area contributed by atoms with Crippen molar-refractivity contribution in [1.29, 1.82) is 0 Å². The first-order chi connectivity index (χ1) is 16.8. The largest absolute Gasteiger partial charge is 0.370 e. The van der Waals surface area contributed by atoms with Crippen LogP contribution in [0.25, 0.3) is 0 Å². The number of nitrogens with two attached hydrogens (primary N) is 1. The number of nitrogens with zero attached hydrogens (tertiary/aromatic N) is 4. The first-order valence-electron chi connectivity index (χ1n) is 11.9. The molecule has 0 unspecified atom stereocenters. The third-order valence-electron chi connectivity index (χ3n) is 6.99. The van der Waals surface area contributed by atoms with Gasteiger partial charge in [0.15, 0.2) is 0 Å². The summed E-state index contributed by atoms with van der Waals surface area (Å²) in [6.07, 6.45) is 3.46. The second-order valence-electron chi connectivity index (χ2n) is 9.34. The van der Waals surface area contributed by atoms with Crippen LogP contribution in [0, 0.1) is 6.92 Å². The molecule has 9 nitrogen and oxygen atoms in total. The van der Waals surface area contributed by atoms with E-state index >= 15 is 0 Å². The summed E-state index contributed by atoms with van der Waals surface area (Å²) in [5.74, 6) is -1.11. The van der Waals surface area contributed by atoms with Crippen molar-refractivity contribution in [3.63, 3.8) is 0 Å².